The predicted molar refractivity (Wildman–Crippen MR) is 99.6 cm³/mol. The van der Waals surface area contributed by atoms with Crippen molar-refractivity contribution in [2.24, 2.45) is 5.73 Å². The number of hydrogen-bond acceptors (Lipinski definition) is 3. The summed E-state index contributed by atoms with van der Waals surface area (Å²) in [7, 11) is 0. The van der Waals surface area contributed by atoms with Gasteiger partial charge in [0.25, 0.3) is 0 Å². The van der Waals surface area contributed by atoms with E-state index in [1.807, 2.05) is 18.2 Å². The number of nitrogens with zero attached hydrogens (tertiary/aromatic N) is 2. The van der Waals surface area contributed by atoms with E-state index in [9.17, 15) is 4.79 Å². The van der Waals surface area contributed by atoms with Crippen molar-refractivity contribution in [2.45, 2.75) is 43.7 Å². The summed E-state index contributed by atoms with van der Waals surface area (Å²) in [5.41, 5.74) is 10.7. The second-order valence-electron chi connectivity index (χ2n) is 7.21. The molecular formula is C19H19BrN4O. The zero-order valence-corrected chi connectivity index (χ0v) is 15.3. The lowest BCUT2D eigenvalue weighted by Crippen LogP contribution is -2.37. The number of aromatic nitrogens is 3. The van der Waals surface area contributed by atoms with E-state index in [-0.39, 0.29) is 23.7 Å². The van der Waals surface area contributed by atoms with E-state index < -0.39 is 0 Å². The number of nitrogens with two attached hydrogens (primary N) is 1. The van der Waals surface area contributed by atoms with E-state index in [1.54, 1.807) is 0 Å². The molecule has 1 aliphatic heterocycles. The molecular weight excluding hydrogens is 380 g/mol. The summed E-state index contributed by atoms with van der Waals surface area (Å²) in [6.07, 6.45) is 4.45. The summed E-state index contributed by atoms with van der Waals surface area (Å²) in [6, 6.07) is 8.08. The molecule has 1 aromatic carbocycles. The number of halogens is 1. The van der Waals surface area contributed by atoms with Crippen LogP contribution in [-0.4, -0.2) is 26.4 Å². The van der Waals surface area contributed by atoms with Crippen LogP contribution in [0.15, 0.2) is 34.9 Å². The molecule has 0 saturated heterocycles. The van der Waals surface area contributed by atoms with E-state index in [1.165, 1.54) is 5.56 Å². The Labute approximate surface area is 153 Å². The Morgan fingerprint density at radius 1 is 1.32 bits per heavy atom. The fourth-order valence-corrected chi connectivity index (χ4v) is 4.77. The molecule has 0 bridgehead atoms. The summed E-state index contributed by atoms with van der Waals surface area (Å²) in [4.78, 5) is 21.2. The van der Waals surface area contributed by atoms with Gasteiger partial charge in [0.15, 0.2) is 0 Å². The van der Waals surface area contributed by atoms with Crippen LogP contribution in [0.4, 0.5) is 0 Å². The Bertz CT molecular complexity index is 989. The quantitative estimate of drug-likeness (QED) is 0.660. The zero-order chi connectivity index (χ0) is 17.1. The molecule has 2 aliphatic rings. The number of nitrogens with one attached hydrogen (secondary N) is 1. The Balaban J connectivity index is 1.58. The maximum Gasteiger partial charge on any atom is 0.144 e. The van der Waals surface area contributed by atoms with Gasteiger partial charge in [0, 0.05) is 41.3 Å². The van der Waals surface area contributed by atoms with Gasteiger partial charge < -0.3 is 15.3 Å². The fourth-order valence-electron chi connectivity index (χ4n) is 4.41. The maximum absolute atomic E-state index is 13.0. The molecule has 0 saturated carbocycles. The third kappa shape index (κ3) is 2.39. The van der Waals surface area contributed by atoms with Gasteiger partial charge in [0.1, 0.15) is 11.6 Å². The fraction of sp³-hybridized carbons (Fsp3) is 0.368. The molecule has 6 heteroatoms. The van der Waals surface area contributed by atoms with Crippen molar-refractivity contribution in [1.29, 1.82) is 0 Å². The average molecular weight is 399 g/mol. The molecule has 0 amide bonds. The van der Waals surface area contributed by atoms with Gasteiger partial charge in [0.05, 0.1) is 17.0 Å². The summed E-state index contributed by atoms with van der Waals surface area (Å²) in [6.45, 7) is 0.769. The topological polar surface area (TPSA) is 76.7 Å². The van der Waals surface area contributed by atoms with Crippen LogP contribution in [-0.2, 0) is 17.8 Å². The smallest absolute Gasteiger partial charge is 0.144 e. The van der Waals surface area contributed by atoms with E-state index >= 15 is 0 Å². The first-order valence-electron chi connectivity index (χ1n) is 8.71. The van der Waals surface area contributed by atoms with Crippen molar-refractivity contribution in [3.05, 3.63) is 52.0 Å². The van der Waals surface area contributed by atoms with Crippen LogP contribution in [0.5, 0.6) is 0 Å². The highest BCUT2D eigenvalue weighted by Gasteiger charge is 2.39. The lowest BCUT2D eigenvalue weighted by molar-refractivity contribution is -0.121. The van der Waals surface area contributed by atoms with Gasteiger partial charge in [-0.15, -0.1) is 0 Å². The highest BCUT2D eigenvalue weighted by molar-refractivity contribution is 9.10. The van der Waals surface area contributed by atoms with Crippen molar-refractivity contribution in [2.75, 3.05) is 0 Å². The third-order valence-corrected chi connectivity index (χ3v) is 6.12. The average Bonchev–Trinajstić information content (AvgIpc) is 3.14. The van der Waals surface area contributed by atoms with Gasteiger partial charge in [-0.2, -0.15) is 0 Å². The molecule has 2 aromatic heterocycles. The standard InChI is InChI=1S/C19H19BrN4O/c20-12-2-4-14-15(8-12)23-19(22-14)11-7-16(25)17-13(21)3-1-10-5-6-24(9-11)18(10)17/h2,4-6,8,11,13,17H,1,3,7,9,21H2,(H,22,23)/t11-,13-,17?/m0/s1. The van der Waals surface area contributed by atoms with Gasteiger partial charge >= 0.3 is 0 Å². The Morgan fingerprint density at radius 2 is 2.20 bits per heavy atom. The summed E-state index contributed by atoms with van der Waals surface area (Å²) >= 11 is 3.49. The first-order valence-corrected chi connectivity index (χ1v) is 9.51. The monoisotopic (exact) mass is 398 g/mol. The maximum atomic E-state index is 13.0. The third-order valence-electron chi connectivity index (χ3n) is 5.62. The van der Waals surface area contributed by atoms with Crippen molar-refractivity contribution in [3.8, 4) is 0 Å². The lowest BCUT2D eigenvalue weighted by Gasteiger charge is -2.28. The minimum absolute atomic E-state index is 0.0491. The van der Waals surface area contributed by atoms with Crippen LogP contribution < -0.4 is 5.73 Å². The minimum atomic E-state index is -0.165. The van der Waals surface area contributed by atoms with E-state index in [4.69, 9.17) is 10.7 Å². The number of Topliss-reactive ketones (excluding diaryl/α,β-unsaturated/α-hetero) is 1. The SMILES string of the molecule is N[C@H]1CCc2ccn3c2C1C(=O)C[C@H](c1nc2ccc(Br)cc2[nH]1)C3. The number of fused-ring (bicyclic) bond motifs is 1. The molecule has 5 rings (SSSR count). The summed E-state index contributed by atoms with van der Waals surface area (Å²) < 4.78 is 3.25. The molecule has 0 radical (unpaired) electrons. The number of carbonyl (C=O) groups is 1. The van der Waals surface area contributed by atoms with Gasteiger partial charge in [-0.1, -0.05) is 15.9 Å². The number of benzene rings is 1. The minimum Gasteiger partial charge on any atom is -0.350 e. The van der Waals surface area contributed by atoms with Gasteiger partial charge in [-0.3, -0.25) is 4.79 Å². The molecule has 3 N–H and O–H groups in total. The number of carbonyl (C=O) groups excluding carboxylic acids is 1. The van der Waals surface area contributed by atoms with Crippen LogP contribution in [0.1, 0.15) is 41.8 Å². The number of aryl methyl sites for hydroxylation is 1. The van der Waals surface area contributed by atoms with E-state index in [0.29, 0.717) is 6.42 Å². The van der Waals surface area contributed by atoms with Gasteiger partial charge in [-0.25, -0.2) is 4.98 Å². The van der Waals surface area contributed by atoms with E-state index in [0.717, 1.165) is 46.4 Å². The second kappa shape index (κ2) is 5.54. The van der Waals surface area contributed by atoms with Crippen LogP contribution in [0.25, 0.3) is 11.0 Å². The van der Waals surface area contributed by atoms with Crippen molar-refractivity contribution in [1.82, 2.24) is 14.5 Å². The Hall–Kier alpha value is -1.92. The molecule has 128 valence electrons. The summed E-state index contributed by atoms with van der Waals surface area (Å²) in [5.74, 6) is 1.02. The first-order chi connectivity index (χ1) is 12.1. The van der Waals surface area contributed by atoms with Crippen molar-refractivity contribution < 1.29 is 4.79 Å². The lowest BCUT2D eigenvalue weighted by atomic mass is 9.80. The number of aromatic amines is 1. The molecule has 1 unspecified atom stereocenters. The van der Waals surface area contributed by atoms with E-state index in [2.05, 4.69) is 37.7 Å². The Kier molecular flexibility index (Phi) is 3.40. The number of imidazole rings is 1. The van der Waals surface area contributed by atoms with Gasteiger partial charge in [0.2, 0.25) is 0 Å². The molecule has 1 aliphatic carbocycles. The Morgan fingerprint density at radius 3 is 3.08 bits per heavy atom. The second-order valence-corrected chi connectivity index (χ2v) is 8.13. The zero-order valence-electron chi connectivity index (χ0n) is 13.7. The highest BCUT2D eigenvalue weighted by Crippen LogP contribution is 2.39. The van der Waals surface area contributed by atoms with Crippen molar-refractivity contribution >= 4 is 32.7 Å². The molecule has 5 nitrogen and oxygen atoms in total. The predicted octanol–water partition coefficient (Wildman–Crippen LogP) is 3.24. The molecule has 3 heterocycles. The number of H-pyrrole nitrogens is 1. The normalized spacial score (nSPS) is 25.8. The first kappa shape index (κ1) is 15.3. The number of ketones is 1. The van der Waals surface area contributed by atoms with Crippen LogP contribution >= 0.6 is 15.9 Å². The van der Waals surface area contributed by atoms with Gasteiger partial charge in [-0.05, 0) is 42.7 Å². The molecule has 0 fully saturated rings. The van der Waals surface area contributed by atoms with Crippen LogP contribution in [0, 0.1) is 0 Å². The van der Waals surface area contributed by atoms with Crippen LogP contribution in [0.2, 0.25) is 0 Å². The molecule has 25 heavy (non-hydrogen) atoms. The van der Waals surface area contributed by atoms with Crippen molar-refractivity contribution in [3.63, 3.8) is 0 Å². The number of rotatable bonds is 1. The molecule has 0 spiro atoms. The summed E-state index contributed by atoms with van der Waals surface area (Å²) in [5, 5.41) is 0. The molecule has 3 atom stereocenters. The van der Waals surface area contributed by atoms with Crippen LogP contribution in [0.3, 0.4) is 0 Å². The number of hydrogen-bond donors (Lipinski definition) is 2. The largest absolute Gasteiger partial charge is 0.350 e. The molecule has 3 aromatic rings. The highest BCUT2D eigenvalue weighted by atomic mass is 79.9.